The molecule has 0 saturated heterocycles. The fourth-order valence-corrected chi connectivity index (χ4v) is 4.42. The third-order valence-electron chi connectivity index (χ3n) is 4.43. The summed E-state index contributed by atoms with van der Waals surface area (Å²) in [5.74, 6) is 0.730. The van der Waals surface area contributed by atoms with E-state index in [0.717, 1.165) is 5.75 Å². The maximum absolute atomic E-state index is 12.4. The summed E-state index contributed by atoms with van der Waals surface area (Å²) in [6.07, 6.45) is 1.63. The van der Waals surface area contributed by atoms with Crippen LogP contribution in [0.2, 0.25) is 0 Å². The highest BCUT2D eigenvalue weighted by Crippen LogP contribution is 2.23. The molecule has 0 spiro atoms. The fraction of sp³-hybridized carbons (Fsp3) is 0.0870. The molecule has 2 amide bonds. The topological polar surface area (TPSA) is 71.1 Å². The lowest BCUT2D eigenvalue weighted by Crippen LogP contribution is -2.16. The van der Waals surface area contributed by atoms with Crippen LogP contribution >= 0.6 is 23.1 Å². The molecule has 2 N–H and O–H groups in total. The summed E-state index contributed by atoms with van der Waals surface area (Å²) in [6.45, 7) is 0. The van der Waals surface area contributed by atoms with Crippen molar-refractivity contribution in [3.63, 3.8) is 0 Å². The van der Waals surface area contributed by atoms with E-state index in [0.29, 0.717) is 22.1 Å². The first-order valence-electron chi connectivity index (χ1n) is 9.34. The van der Waals surface area contributed by atoms with Crippen molar-refractivity contribution in [3.8, 4) is 0 Å². The van der Waals surface area contributed by atoms with Crippen LogP contribution in [0, 0.1) is 0 Å². The molecule has 4 rings (SSSR count). The smallest absolute Gasteiger partial charge is 0.257 e. The number of amides is 2. The Kier molecular flexibility index (Phi) is 6.41. The van der Waals surface area contributed by atoms with E-state index in [-0.39, 0.29) is 11.8 Å². The number of aromatic nitrogens is 1. The van der Waals surface area contributed by atoms with E-state index in [1.807, 2.05) is 18.2 Å². The number of anilines is 2. The minimum absolute atomic E-state index is 0.0993. The van der Waals surface area contributed by atoms with Gasteiger partial charge in [0.25, 0.3) is 5.91 Å². The van der Waals surface area contributed by atoms with Gasteiger partial charge in [-0.25, -0.2) is 4.98 Å². The van der Waals surface area contributed by atoms with Gasteiger partial charge >= 0.3 is 0 Å². The standard InChI is InChI=1S/C23H19N3O2S2/c27-21(15-29-14-18-8-3-6-16-5-1-2-10-20(16)18)25-19-9-4-7-17(13-19)22(28)26-23-24-11-12-30-23/h1-13H,14-15H2,(H,25,27)(H,24,26,28). The van der Waals surface area contributed by atoms with Crippen molar-refractivity contribution in [2.45, 2.75) is 5.75 Å². The number of carbonyl (C=O) groups is 2. The van der Waals surface area contributed by atoms with E-state index < -0.39 is 0 Å². The molecule has 150 valence electrons. The highest BCUT2D eigenvalue weighted by Gasteiger charge is 2.10. The lowest BCUT2D eigenvalue weighted by atomic mass is 10.1. The SMILES string of the molecule is O=C(CSCc1cccc2ccccc12)Nc1cccc(C(=O)Nc2nccs2)c1. The zero-order valence-corrected chi connectivity index (χ0v) is 17.6. The molecular weight excluding hydrogens is 414 g/mol. The van der Waals surface area contributed by atoms with Gasteiger partial charge in [-0.2, -0.15) is 0 Å². The van der Waals surface area contributed by atoms with Crippen LogP contribution in [-0.4, -0.2) is 22.6 Å². The zero-order chi connectivity index (χ0) is 20.8. The van der Waals surface area contributed by atoms with Gasteiger partial charge in [-0.3, -0.25) is 14.9 Å². The van der Waals surface area contributed by atoms with E-state index in [4.69, 9.17) is 0 Å². The number of fused-ring (bicyclic) bond motifs is 1. The van der Waals surface area contributed by atoms with Crippen LogP contribution in [0.5, 0.6) is 0 Å². The third kappa shape index (κ3) is 5.06. The Morgan fingerprint density at radius 1 is 0.967 bits per heavy atom. The van der Waals surface area contributed by atoms with Gasteiger partial charge in [0.15, 0.2) is 5.13 Å². The summed E-state index contributed by atoms with van der Waals surface area (Å²) < 4.78 is 0. The molecule has 0 radical (unpaired) electrons. The molecule has 0 aliphatic rings. The molecule has 4 aromatic rings. The average molecular weight is 434 g/mol. The number of thioether (sulfide) groups is 1. The number of nitrogens with zero attached hydrogens (tertiary/aromatic N) is 1. The minimum Gasteiger partial charge on any atom is -0.325 e. The highest BCUT2D eigenvalue weighted by molar-refractivity contribution is 7.99. The molecule has 5 nitrogen and oxygen atoms in total. The van der Waals surface area contributed by atoms with Gasteiger partial charge < -0.3 is 5.32 Å². The summed E-state index contributed by atoms with van der Waals surface area (Å²) in [7, 11) is 0. The number of nitrogens with one attached hydrogen (secondary N) is 2. The maximum Gasteiger partial charge on any atom is 0.257 e. The molecule has 0 unspecified atom stereocenters. The van der Waals surface area contributed by atoms with Gasteiger partial charge in [0.05, 0.1) is 5.75 Å². The van der Waals surface area contributed by atoms with Crippen LogP contribution in [0.25, 0.3) is 10.8 Å². The van der Waals surface area contributed by atoms with Crippen LogP contribution in [0.3, 0.4) is 0 Å². The second-order valence-corrected chi connectivity index (χ2v) is 8.43. The van der Waals surface area contributed by atoms with Crippen molar-refractivity contribution in [2.75, 3.05) is 16.4 Å². The molecule has 1 heterocycles. The van der Waals surface area contributed by atoms with Gasteiger partial charge in [-0.15, -0.1) is 23.1 Å². The van der Waals surface area contributed by atoms with Crippen LogP contribution in [0.4, 0.5) is 10.8 Å². The lowest BCUT2D eigenvalue weighted by molar-refractivity contribution is -0.113. The van der Waals surface area contributed by atoms with E-state index in [9.17, 15) is 9.59 Å². The first-order valence-corrected chi connectivity index (χ1v) is 11.4. The van der Waals surface area contributed by atoms with Crippen LogP contribution in [0.1, 0.15) is 15.9 Å². The largest absolute Gasteiger partial charge is 0.325 e. The number of benzene rings is 3. The quantitative estimate of drug-likeness (QED) is 0.408. The third-order valence-corrected chi connectivity index (χ3v) is 6.10. The van der Waals surface area contributed by atoms with Crippen molar-refractivity contribution in [1.29, 1.82) is 0 Å². The Morgan fingerprint density at radius 2 is 1.80 bits per heavy atom. The molecule has 1 aromatic heterocycles. The Morgan fingerprint density at radius 3 is 2.67 bits per heavy atom. The molecule has 30 heavy (non-hydrogen) atoms. The van der Waals surface area contributed by atoms with Crippen molar-refractivity contribution in [3.05, 3.63) is 89.4 Å². The van der Waals surface area contributed by atoms with E-state index in [2.05, 4.69) is 39.9 Å². The number of hydrogen-bond donors (Lipinski definition) is 2. The number of carbonyl (C=O) groups excluding carboxylic acids is 2. The summed E-state index contributed by atoms with van der Waals surface area (Å²) in [5.41, 5.74) is 2.27. The summed E-state index contributed by atoms with van der Waals surface area (Å²) in [4.78, 5) is 28.7. The molecule has 0 aliphatic heterocycles. The first kappa shape index (κ1) is 20.1. The van der Waals surface area contributed by atoms with Gasteiger partial charge in [0, 0.05) is 28.6 Å². The van der Waals surface area contributed by atoms with Crippen LogP contribution in [0.15, 0.2) is 78.3 Å². The monoisotopic (exact) mass is 433 g/mol. The second kappa shape index (κ2) is 9.56. The molecule has 0 bridgehead atoms. The molecule has 0 aliphatic carbocycles. The van der Waals surface area contributed by atoms with Crippen LogP contribution < -0.4 is 10.6 Å². The minimum atomic E-state index is -0.258. The molecule has 7 heteroatoms. The summed E-state index contributed by atoms with van der Waals surface area (Å²) in [6, 6.07) is 21.4. The normalized spacial score (nSPS) is 10.7. The van der Waals surface area contributed by atoms with Crippen molar-refractivity contribution in [1.82, 2.24) is 4.98 Å². The predicted octanol–water partition coefficient (Wildman–Crippen LogP) is 5.42. The summed E-state index contributed by atoms with van der Waals surface area (Å²) >= 11 is 2.92. The number of rotatable bonds is 7. The summed E-state index contributed by atoms with van der Waals surface area (Å²) in [5, 5.41) is 10.4. The van der Waals surface area contributed by atoms with Gasteiger partial charge in [-0.1, -0.05) is 48.5 Å². The van der Waals surface area contributed by atoms with Crippen molar-refractivity contribution >= 4 is 56.5 Å². The van der Waals surface area contributed by atoms with Crippen molar-refractivity contribution in [2.24, 2.45) is 0 Å². The predicted molar refractivity (Wildman–Crippen MR) is 125 cm³/mol. The lowest BCUT2D eigenvalue weighted by Gasteiger charge is -2.09. The average Bonchev–Trinajstić information content (AvgIpc) is 3.27. The number of hydrogen-bond acceptors (Lipinski definition) is 5. The Bertz CT molecular complexity index is 1170. The Balaban J connectivity index is 1.32. The van der Waals surface area contributed by atoms with E-state index in [1.165, 1.54) is 27.7 Å². The van der Waals surface area contributed by atoms with E-state index in [1.54, 1.807) is 47.6 Å². The van der Waals surface area contributed by atoms with Crippen molar-refractivity contribution < 1.29 is 9.59 Å². The van der Waals surface area contributed by atoms with Crippen LogP contribution in [-0.2, 0) is 10.5 Å². The molecular formula is C23H19N3O2S2. The molecule has 0 fully saturated rings. The second-order valence-electron chi connectivity index (χ2n) is 6.55. The Labute approximate surface area is 182 Å². The first-order chi connectivity index (χ1) is 14.7. The van der Waals surface area contributed by atoms with Gasteiger partial charge in [0.2, 0.25) is 5.91 Å². The van der Waals surface area contributed by atoms with Gasteiger partial charge in [0.1, 0.15) is 0 Å². The number of thiazole rings is 1. The molecule has 0 saturated carbocycles. The molecule has 3 aromatic carbocycles. The highest BCUT2D eigenvalue weighted by atomic mass is 32.2. The fourth-order valence-electron chi connectivity index (χ4n) is 3.06. The maximum atomic E-state index is 12.4. The zero-order valence-electron chi connectivity index (χ0n) is 16.0. The Hall–Kier alpha value is -3.16. The van der Waals surface area contributed by atoms with Gasteiger partial charge in [-0.05, 0) is 34.5 Å². The molecule has 0 atom stereocenters. The van der Waals surface area contributed by atoms with E-state index >= 15 is 0 Å².